The van der Waals surface area contributed by atoms with Crippen molar-refractivity contribution in [2.75, 3.05) is 33.3 Å². The second-order valence-electron chi connectivity index (χ2n) is 6.25. The Hall–Kier alpha value is -1.85. The maximum Gasteiger partial charge on any atom is 0.119 e. The maximum atomic E-state index is 5.96. The van der Waals surface area contributed by atoms with Gasteiger partial charge in [-0.05, 0) is 57.6 Å². The van der Waals surface area contributed by atoms with Crippen LogP contribution in [0.1, 0.15) is 18.5 Å². The molecule has 23 heavy (non-hydrogen) atoms. The first kappa shape index (κ1) is 16.0. The number of likely N-dealkylation sites (N-methyl/N-ethyl adjacent to an activating group) is 1. The van der Waals surface area contributed by atoms with Crippen molar-refractivity contribution >= 4 is 0 Å². The molecule has 1 aromatic carbocycles. The monoisotopic (exact) mass is 314 g/mol. The molecule has 5 nitrogen and oxygen atoms in total. The fourth-order valence-corrected chi connectivity index (χ4v) is 3.13. The third kappa shape index (κ3) is 4.12. The van der Waals surface area contributed by atoms with Crippen molar-refractivity contribution in [1.29, 1.82) is 0 Å². The molecule has 1 aliphatic rings. The lowest BCUT2D eigenvalue weighted by Gasteiger charge is -2.31. The quantitative estimate of drug-likeness (QED) is 0.860. The second-order valence-corrected chi connectivity index (χ2v) is 6.25. The van der Waals surface area contributed by atoms with Crippen molar-refractivity contribution < 1.29 is 4.74 Å². The number of nitrogens with one attached hydrogen (secondary N) is 2. The van der Waals surface area contributed by atoms with Crippen LogP contribution >= 0.6 is 0 Å². The highest BCUT2D eigenvalue weighted by molar-refractivity contribution is 5.66. The van der Waals surface area contributed by atoms with Crippen LogP contribution in [0.3, 0.4) is 0 Å². The average molecular weight is 314 g/mol. The summed E-state index contributed by atoms with van der Waals surface area (Å²) in [5, 5.41) is 10.5. The molecule has 0 radical (unpaired) electrons. The Labute approximate surface area is 138 Å². The van der Waals surface area contributed by atoms with Crippen LogP contribution in [0.15, 0.2) is 30.5 Å². The van der Waals surface area contributed by atoms with E-state index in [1.54, 1.807) is 0 Å². The number of aromatic nitrogens is 2. The molecule has 1 saturated heterocycles. The van der Waals surface area contributed by atoms with Crippen LogP contribution in [-0.2, 0) is 0 Å². The van der Waals surface area contributed by atoms with E-state index >= 15 is 0 Å². The van der Waals surface area contributed by atoms with Gasteiger partial charge in [0.25, 0.3) is 0 Å². The molecule has 0 amide bonds. The van der Waals surface area contributed by atoms with Gasteiger partial charge in [0.05, 0.1) is 6.20 Å². The Bertz CT molecular complexity index is 619. The van der Waals surface area contributed by atoms with Gasteiger partial charge in [-0.15, -0.1) is 0 Å². The van der Waals surface area contributed by atoms with Crippen molar-refractivity contribution in [3.05, 3.63) is 36.2 Å². The van der Waals surface area contributed by atoms with E-state index in [0.29, 0.717) is 12.6 Å². The van der Waals surface area contributed by atoms with Gasteiger partial charge in [0.2, 0.25) is 0 Å². The van der Waals surface area contributed by atoms with Crippen LogP contribution in [0, 0.1) is 6.92 Å². The number of benzene rings is 1. The molecule has 1 fully saturated rings. The lowest BCUT2D eigenvalue weighted by Crippen LogP contribution is -2.42. The van der Waals surface area contributed by atoms with Crippen molar-refractivity contribution in [3.63, 3.8) is 0 Å². The molecule has 124 valence electrons. The molecular formula is C18H26N4O. The number of aromatic amines is 1. The van der Waals surface area contributed by atoms with Crippen LogP contribution in [-0.4, -0.2) is 54.4 Å². The standard InChI is InChI=1S/C18H26N4O/c1-14-18(13-20-21-14)15-4-3-5-17(12-15)23-11-10-22(2)16-6-8-19-9-7-16/h3-5,12-13,16,19H,6-11H2,1-2H3,(H,20,21). The molecule has 0 saturated carbocycles. The van der Waals surface area contributed by atoms with Gasteiger partial charge in [0.15, 0.2) is 0 Å². The Morgan fingerprint density at radius 2 is 2.13 bits per heavy atom. The normalized spacial score (nSPS) is 16.0. The van der Waals surface area contributed by atoms with E-state index in [1.807, 2.05) is 25.3 Å². The van der Waals surface area contributed by atoms with Crippen LogP contribution < -0.4 is 10.1 Å². The molecule has 3 rings (SSSR count). The Balaban J connectivity index is 1.53. The first-order chi connectivity index (χ1) is 11.2. The molecule has 2 N–H and O–H groups in total. The van der Waals surface area contributed by atoms with E-state index in [1.165, 1.54) is 12.8 Å². The van der Waals surface area contributed by atoms with Gasteiger partial charge in [-0.25, -0.2) is 0 Å². The van der Waals surface area contributed by atoms with E-state index in [2.05, 4.69) is 39.6 Å². The van der Waals surface area contributed by atoms with Crippen molar-refractivity contribution in [3.8, 4) is 16.9 Å². The summed E-state index contributed by atoms with van der Waals surface area (Å²) >= 11 is 0. The minimum atomic E-state index is 0.680. The molecule has 0 aliphatic carbocycles. The Kier molecular flexibility index (Phi) is 5.31. The van der Waals surface area contributed by atoms with Crippen LogP contribution in [0.5, 0.6) is 5.75 Å². The lowest BCUT2D eigenvalue weighted by molar-refractivity contribution is 0.165. The van der Waals surface area contributed by atoms with Crippen LogP contribution in [0.2, 0.25) is 0 Å². The largest absolute Gasteiger partial charge is 0.492 e. The molecule has 0 bridgehead atoms. The Morgan fingerprint density at radius 3 is 2.87 bits per heavy atom. The summed E-state index contributed by atoms with van der Waals surface area (Å²) in [4.78, 5) is 2.42. The van der Waals surface area contributed by atoms with Gasteiger partial charge in [0, 0.05) is 23.8 Å². The fraction of sp³-hybridized carbons (Fsp3) is 0.500. The number of piperidine rings is 1. The predicted molar refractivity (Wildman–Crippen MR) is 92.8 cm³/mol. The number of H-pyrrole nitrogens is 1. The minimum Gasteiger partial charge on any atom is -0.492 e. The fourth-order valence-electron chi connectivity index (χ4n) is 3.13. The van der Waals surface area contributed by atoms with Crippen molar-refractivity contribution in [2.24, 2.45) is 0 Å². The smallest absolute Gasteiger partial charge is 0.119 e. The van der Waals surface area contributed by atoms with Gasteiger partial charge in [-0.3, -0.25) is 10.00 Å². The van der Waals surface area contributed by atoms with Gasteiger partial charge in [-0.1, -0.05) is 12.1 Å². The molecule has 1 aliphatic heterocycles. The zero-order valence-corrected chi connectivity index (χ0v) is 14.0. The number of hydrogen-bond acceptors (Lipinski definition) is 4. The summed E-state index contributed by atoms with van der Waals surface area (Å²) in [6.07, 6.45) is 4.32. The van der Waals surface area contributed by atoms with Crippen molar-refractivity contribution in [1.82, 2.24) is 20.4 Å². The highest BCUT2D eigenvalue weighted by Crippen LogP contribution is 2.25. The first-order valence-corrected chi connectivity index (χ1v) is 8.38. The van der Waals surface area contributed by atoms with Crippen molar-refractivity contribution in [2.45, 2.75) is 25.8 Å². The number of ether oxygens (including phenoxy) is 1. The summed E-state index contributed by atoms with van der Waals surface area (Å²) in [5.41, 5.74) is 3.34. The van der Waals surface area contributed by atoms with E-state index < -0.39 is 0 Å². The topological polar surface area (TPSA) is 53.2 Å². The van der Waals surface area contributed by atoms with Crippen LogP contribution in [0.4, 0.5) is 0 Å². The molecule has 1 aromatic heterocycles. The number of hydrogen-bond donors (Lipinski definition) is 2. The van der Waals surface area contributed by atoms with Crippen LogP contribution in [0.25, 0.3) is 11.1 Å². The zero-order chi connectivity index (χ0) is 16.1. The average Bonchev–Trinajstić information content (AvgIpc) is 3.02. The summed E-state index contributed by atoms with van der Waals surface area (Å²) in [6, 6.07) is 8.91. The Morgan fingerprint density at radius 1 is 1.30 bits per heavy atom. The predicted octanol–water partition coefficient (Wildman–Crippen LogP) is 2.45. The van der Waals surface area contributed by atoms with Gasteiger partial charge in [-0.2, -0.15) is 5.10 Å². The molecule has 2 aromatic rings. The van der Waals surface area contributed by atoms with Gasteiger partial charge >= 0.3 is 0 Å². The minimum absolute atomic E-state index is 0.680. The molecule has 0 spiro atoms. The van der Waals surface area contributed by atoms with Gasteiger partial charge < -0.3 is 10.1 Å². The zero-order valence-electron chi connectivity index (χ0n) is 14.0. The molecule has 0 unspecified atom stereocenters. The summed E-state index contributed by atoms with van der Waals surface area (Å²) in [6.45, 7) is 5.96. The third-order valence-corrected chi connectivity index (χ3v) is 4.62. The molecular weight excluding hydrogens is 288 g/mol. The van der Waals surface area contributed by atoms with E-state index in [-0.39, 0.29) is 0 Å². The number of nitrogens with zero attached hydrogens (tertiary/aromatic N) is 2. The van der Waals surface area contributed by atoms with E-state index in [4.69, 9.17) is 4.74 Å². The second kappa shape index (κ2) is 7.62. The first-order valence-electron chi connectivity index (χ1n) is 8.38. The lowest BCUT2D eigenvalue weighted by atomic mass is 10.1. The number of aryl methyl sites for hydroxylation is 1. The highest BCUT2D eigenvalue weighted by atomic mass is 16.5. The SMILES string of the molecule is Cc1[nH]ncc1-c1cccc(OCCN(C)C2CCNCC2)c1. The summed E-state index contributed by atoms with van der Waals surface area (Å²) in [5.74, 6) is 0.918. The molecule has 0 atom stereocenters. The summed E-state index contributed by atoms with van der Waals surface area (Å²) in [7, 11) is 2.20. The van der Waals surface area contributed by atoms with E-state index in [9.17, 15) is 0 Å². The highest BCUT2D eigenvalue weighted by Gasteiger charge is 2.17. The molecule has 2 heterocycles. The number of rotatable bonds is 6. The molecule has 5 heteroatoms. The van der Waals surface area contributed by atoms with Gasteiger partial charge in [0.1, 0.15) is 12.4 Å². The maximum absolute atomic E-state index is 5.96. The third-order valence-electron chi connectivity index (χ3n) is 4.62. The van der Waals surface area contributed by atoms with E-state index in [0.717, 1.165) is 42.2 Å². The summed E-state index contributed by atoms with van der Waals surface area (Å²) < 4.78 is 5.96.